The fourth-order valence-corrected chi connectivity index (χ4v) is 7.69. The zero-order valence-corrected chi connectivity index (χ0v) is 29.6. The number of amides is 3. The molecule has 272 valence electrons. The van der Waals surface area contributed by atoms with Crippen LogP contribution in [-0.2, 0) is 22.6 Å². The number of nitrogens with one attached hydrogen (secondary N) is 2. The van der Waals surface area contributed by atoms with E-state index in [1.54, 1.807) is 35.1 Å². The molecule has 0 spiro atoms. The first-order valence-corrected chi connectivity index (χ1v) is 17.9. The van der Waals surface area contributed by atoms with Crippen LogP contribution in [0.4, 0.5) is 14.6 Å². The number of carbonyl (C=O) groups excluding carboxylic acids is 3. The van der Waals surface area contributed by atoms with Gasteiger partial charge in [-0.25, -0.2) is 9.67 Å². The Bertz CT molecular complexity index is 1980. The monoisotopic (exact) mass is 750 g/mol. The molecule has 52 heavy (non-hydrogen) atoms. The molecular formula is C36H37ClF2N8O4S. The van der Waals surface area contributed by atoms with Crippen molar-refractivity contribution < 1.29 is 27.9 Å². The summed E-state index contributed by atoms with van der Waals surface area (Å²) in [5, 5.41) is 10.7. The van der Waals surface area contributed by atoms with Crippen molar-refractivity contribution in [1.29, 1.82) is 0 Å². The van der Waals surface area contributed by atoms with Crippen molar-refractivity contribution >= 4 is 47.8 Å². The van der Waals surface area contributed by atoms with Gasteiger partial charge >= 0.3 is 5.57 Å². The first-order chi connectivity index (χ1) is 24.9. The summed E-state index contributed by atoms with van der Waals surface area (Å²) in [6, 6.07) is 15.7. The molecule has 2 unspecified atom stereocenters. The number of rotatable bonds is 11. The number of pyridine rings is 1. The van der Waals surface area contributed by atoms with Crippen LogP contribution in [0.25, 0.3) is 16.9 Å². The fourth-order valence-electron chi connectivity index (χ4n) is 7.11. The highest BCUT2D eigenvalue weighted by molar-refractivity contribution is 7.80. The number of primary amides is 1. The quantitative estimate of drug-likeness (QED) is 0.0985. The molecule has 0 saturated carbocycles. The van der Waals surface area contributed by atoms with E-state index in [0.717, 1.165) is 50.0 Å². The summed E-state index contributed by atoms with van der Waals surface area (Å²) in [6.07, 6.45) is 6.66. The zero-order valence-electron chi connectivity index (χ0n) is 28.0. The fraction of sp³-hybridized carbons (Fsp3) is 0.361. The number of ether oxygens (including phenoxy) is 1. The van der Waals surface area contributed by atoms with Crippen LogP contribution in [0.5, 0.6) is 5.75 Å². The molecule has 2 fully saturated rings. The van der Waals surface area contributed by atoms with E-state index in [1.807, 2.05) is 0 Å². The lowest BCUT2D eigenvalue weighted by Crippen LogP contribution is -2.51. The molecular weight excluding hydrogens is 714 g/mol. The maximum Gasteiger partial charge on any atom is 0.487 e. The normalized spacial score (nSPS) is 19.8. The SMILES string of the molecule is NC(=O)c1cnc(N2CCC(NCCc3ccc4c(c3)CN(C3CCC(=O)NC3=O)C4S)CC2)c(-c2ccn(-c3ccc(OC(F)(F)Cl)cc3)n2)c1. The summed E-state index contributed by atoms with van der Waals surface area (Å²) < 4.78 is 32.0. The summed E-state index contributed by atoms with van der Waals surface area (Å²) in [4.78, 5) is 45.1. The van der Waals surface area contributed by atoms with Gasteiger partial charge in [-0.2, -0.15) is 17.7 Å². The number of thiol groups is 1. The van der Waals surface area contributed by atoms with Crippen molar-refractivity contribution in [3.8, 4) is 22.7 Å². The molecule has 3 amide bonds. The molecule has 3 aliphatic rings. The predicted octanol–water partition coefficient (Wildman–Crippen LogP) is 4.55. The summed E-state index contributed by atoms with van der Waals surface area (Å²) in [6.45, 7) is 2.90. The Morgan fingerprint density at radius 2 is 1.87 bits per heavy atom. The second kappa shape index (κ2) is 14.8. The molecule has 2 aromatic heterocycles. The van der Waals surface area contributed by atoms with Gasteiger partial charge in [-0.3, -0.25) is 24.6 Å². The maximum atomic E-state index is 13.0. The van der Waals surface area contributed by atoms with E-state index in [-0.39, 0.29) is 34.5 Å². The number of anilines is 1. The molecule has 12 nitrogen and oxygen atoms in total. The Morgan fingerprint density at radius 1 is 1.10 bits per heavy atom. The van der Waals surface area contributed by atoms with Crippen molar-refractivity contribution in [2.75, 3.05) is 24.5 Å². The minimum absolute atomic E-state index is 0.0927. The van der Waals surface area contributed by atoms with Gasteiger partial charge in [-0.05, 0) is 85.3 Å². The van der Waals surface area contributed by atoms with E-state index < -0.39 is 11.5 Å². The lowest BCUT2D eigenvalue weighted by molar-refractivity contribution is -0.137. The van der Waals surface area contributed by atoms with E-state index >= 15 is 0 Å². The molecule has 7 rings (SSSR count). The molecule has 4 N–H and O–H groups in total. The number of aromatic nitrogens is 3. The first kappa shape index (κ1) is 35.8. The molecule has 4 aromatic rings. The van der Waals surface area contributed by atoms with Crippen LogP contribution in [0.2, 0.25) is 0 Å². The number of nitrogens with two attached hydrogens (primary N) is 1. The third-order valence-electron chi connectivity index (χ3n) is 9.76. The Kier molecular flexibility index (Phi) is 10.2. The van der Waals surface area contributed by atoms with Gasteiger partial charge in [0.05, 0.1) is 28.4 Å². The molecule has 0 bridgehead atoms. The van der Waals surface area contributed by atoms with Crippen molar-refractivity contribution in [3.63, 3.8) is 0 Å². The number of hydrogen-bond donors (Lipinski definition) is 4. The zero-order chi connectivity index (χ0) is 36.6. The van der Waals surface area contributed by atoms with Gasteiger partial charge < -0.3 is 20.7 Å². The second-order valence-corrected chi connectivity index (χ2v) is 14.1. The van der Waals surface area contributed by atoms with Gasteiger partial charge in [0.1, 0.15) is 11.6 Å². The van der Waals surface area contributed by atoms with Gasteiger partial charge in [0.25, 0.3) is 0 Å². The van der Waals surface area contributed by atoms with Crippen LogP contribution in [-0.4, -0.2) is 74.7 Å². The van der Waals surface area contributed by atoms with Gasteiger partial charge in [-0.1, -0.05) is 18.2 Å². The summed E-state index contributed by atoms with van der Waals surface area (Å²) in [5.41, 5.74) is 7.33. The number of carbonyl (C=O) groups is 3. The number of imide groups is 1. The standard InChI is InChI=1S/C36H37ClF2N8O4S/c37-36(38,39)51-26-4-2-25(3-5-26)47-16-12-29(44-47)28-18-22(32(40)49)19-42-33(28)45-14-10-24(11-15-45)41-13-9-21-1-6-27-23(17-21)20-46(35(27)52)30-7-8-31(48)43-34(30)50/h1-6,12,16-19,24,30,35,41,52H,7-11,13-15,20H2,(H2,40,49)(H,43,48,50). The minimum Gasteiger partial charge on any atom is -0.420 e. The number of halogens is 3. The highest BCUT2D eigenvalue weighted by atomic mass is 35.5. The lowest BCUT2D eigenvalue weighted by atomic mass is 10.0. The number of piperidine rings is 2. The molecule has 5 heterocycles. The van der Waals surface area contributed by atoms with Gasteiger partial charge in [0.15, 0.2) is 0 Å². The molecule has 0 radical (unpaired) electrons. The van der Waals surface area contributed by atoms with Crippen molar-refractivity contribution in [2.24, 2.45) is 5.73 Å². The Morgan fingerprint density at radius 3 is 2.58 bits per heavy atom. The Balaban J connectivity index is 0.958. The lowest BCUT2D eigenvalue weighted by Gasteiger charge is -2.34. The second-order valence-electron chi connectivity index (χ2n) is 13.2. The van der Waals surface area contributed by atoms with Crippen LogP contribution < -0.4 is 26.0 Å². The highest BCUT2D eigenvalue weighted by Gasteiger charge is 2.39. The third kappa shape index (κ3) is 7.92. The van der Waals surface area contributed by atoms with E-state index in [4.69, 9.17) is 30.0 Å². The molecule has 2 atom stereocenters. The molecule has 3 aliphatic heterocycles. The van der Waals surface area contributed by atoms with Crippen LogP contribution in [0.1, 0.15) is 58.1 Å². The van der Waals surface area contributed by atoms with Crippen molar-refractivity contribution in [3.05, 3.63) is 89.2 Å². The number of alkyl halides is 3. The van der Waals surface area contributed by atoms with Gasteiger partial charge in [0.2, 0.25) is 17.7 Å². The average molecular weight is 751 g/mol. The highest BCUT2D eigenvalue weighted by Crippen LogP contribution is 2.39. The Hall–Kier alpha value is -4.57. The van der Waals surface area contributed by atoms with Gasteiger partial charge in [-0.15, -0.1) is 8.78 Å². The van der Waals surface area contributed by atoms with Crippen molar-refractivity contribution in [1.82, 2.24) is 30.3 Å². The van der Waals surface area contributed by atoms with E-state index in [2.05, 4.69) is 53.5 Å². The average Bonchev–Trinajstić information content (AvgIpc) is 3.73. The smallest absolute Gasteiger partial charge is 0.420 e. The molecule has 0 aliphatic carbocycles. The van der Waals surface area contributed by atoms with Crippen LogP contribution >= 0.6 is 24.2 Å². The summed E-state index contributed by atoms with van der Waals surface area (Å²) >= 11 is 9.68. The number of benzene rings is 2. The first-order valence-electron chi connectivity index (χ1n) is 17.0. The number of hydrogen-bond acceptors (Lipinski definition) is 10. The number of nitrogens with zero attached hydrogens (tertiary/aromatic N) is 5. The van der Waals surface area contributed by atoms with Gasteiger partial charge in [0, 0.05) is 61.7 Å². The van der Waals surface area contributed by atoms with Crippen LogP contribution in [0, 0.1) is 0 Å². The summed E-state index contributed by atoms with van der Waals surface area (Å²) in [7, 11) is 0. The number of fused-ring (bicyclic) bond motifs is 1. The van der Waals surface area contributed by atoms with E-state index in [1.165, 1.54) is 23.9 Å². The molecule has 2 aromatic carbocycles. The Labute approximate surface area is 309 Å². The van der Waals surface area contributed by atoms with Crippen LogP contribution in [0.3, 0.4) is 0 Å². The molecule has 16 heteroatoms. The molecule has 2 saturated heterocycles. The van der Waals surface area contributed by atoms with Crippen molar-refractivity contribution in [2.45, 2.75) is 61.7 Å². The summed E-state index contributed by atoms with van der Waals surface area (Å²) in [5.74, 6) is -0.478. The third-order valence-corrected chi connectivity index (χ3v) is 10.4. The minimum atomic E-state index is -3.81. The predicted molar refractivity (Wildman–Crippen MR) is 194 cm³/mol. The topological polar surface area (TPSA) is 148 Å². The largest absolute Gasteiger partial charge is 0.487 e. The van der Waals surface area contributed by atoms with Crippen LogP contribution in [0.15, 0.2) is 67.0 Å². The maximum absolute atomic E-state index is 13.0. The van der Waals surface area contributed by atoms with E-state index in [9.17, 15) is 23.2 Å². The van der Waals surface area contributed by atoms with E-state index in [0.29, 0.717) is 48.2 Å².